The Morgan fingerprint density at radius 1 is 1.39 bits per heavy atom. The van der Waals surface area contributed by atoms with Crippen molar-refractivity contribution in [3.63, 3.8) is 0 Å². The number of aliphatic hydroxyl groups excluding tert-OH is 1. The molecule has 2 heterocycles. The van der Waals surface area contributed by atoms with Crippen LogP contribution < -0.4 is 5.32 Å². The van der Waals surface area contributed by atoms with Crippen molar-refractivity contribution >= 4 is 27.2 Å². The van der Waals surface area contributed by atoms with E-state index < -0.39 is 0 Å². The summed E-state index contributed by atoms with van der Waals surface area (Å²) in [5, 5.41) is 15.8. The Labute approximate surface area is 112 Å². The number of thiophene rings is 1. The number of aromatic nitrogens is 1. The Kier molecular flexibility index (Phi) is 4.96. The third kappa shape index (κ3) is 3.21. The lowest BCUT2D eigenvalue weighted by molar-refractivity contribution is 0.255. The van der Waals surface area contributed by atoms with E-state index in [1.165, 1.54) is 10.1 Å². The van der Waals surface area contributed by atoms with E-state index in [-0.39, 0.29) is 6.61 Å². The summed E-state index contributed by atoms with van der Waals surface area (Å²) in [5.74, 6) is 1.49. The molecule has 2 N–H and O–H groups in total. The van der Waals surface area contributed by atoms with Crippen molar-refractivity contribution in [3.05, 3.63) is 23.7 Å². The van der Waals surface area contributed by atoms with Gasteiger partial charge >= 0.3 is 0 Å². The molecule has 0 radical (unpaired) electrons. The molecule has 0 amide bonds. The Hall–Kier alpha value is -1.13. The van der Waals surface area contributed by atoms with Crippen molar-refractivity contribution in [2.75, 3.05) is 18.5 Å². The molecule has 0 aliphatic rings. The largest absolute Gasteiger partial charge is 0.396 e. The summed E-state index contributed by atoms with van der Waals surface area (Å²) in [4.78, 5) is 4.40. The standard InChI is InChI=1S/C14H20N2OS/c1-2-3-11(5-8-17)10-16-14-12-6-9-18-13(12)4-7-15-14/h4,6-7,9,11,17H,2-3,5,8,10H2,1H3,(H,15,16). The minimum Gasteiger partial charge on any atom is -0.396 e. The first-order valence-corrected chi connectivity index (χ1v) is 7.40. The van der Waals surface area contributed by atoms with Crippen molar-refractivity contribution in [2.24, 2.45) is 5.92 Å². The fraction of sp³-hybridized carbons (Fsp3) is 0.500. The first kappa shape index (κ1) is 13.3. The summed E-state index contributed by atoms with van der Waals surface area (Å²) >= 11 is 1.74. The molecule has 4 heteroatoms. The third-order valence-electron chi connectivity index (χ3n) is 3.17. The zero-order valence-electron chi connectivity index (χ0n) is 10.7. The van der Waals surface area contributed by atoms with Crippen molar-refractivity contribution in [3.8, 4) is 0 Å². The first-order valence-electron chi connectivity index (χ1n) is 6.52. The number of anilines is 1. The van der Waals surface area contributed by atoms with Gasteiger partial charge in [0, 0.05) is 29.4 Å². The summed E-state index contributed by atoms with van der Waals surface area (Å²) in [5.41, 5.74) is 0. The van der Waals surface area contributed by atoms with Gasteiger partial charge in [0.1, 0.15) is 5.82 Å². The lowest BCUT2D eigenvalue weighted by Gasteiger charge is -2.16. The minimum atomic E-state index is 0.266. The van der Waals surface area contributed by atoms with Gasteiger partial charge in [-0.25, -0.2) is 4.98 Å². The summed E-state index contributed by atoms with van der Waals surface area (Å²) in [7, 11) is 0. The maximum absolute atomic E-state index is 9.06. The predicted molar refractivity (Wildman–Crippen MR) is 78.2 cm³/mol. The first-order chi connectivity index (χ1) is 8.85. The highest BCUT2D eigenvalue weighted by molar-refractivity contribution is 7.17. The molecule has 0 aliphatic heterocycles. The molecule has 3 nitrogen and oxygen atoms in total. The number of nitrogens with one attached hydrogen (secondary N) is 1. The van der Waals surface area contributed by atoms with Gasteiger partial charge in [0.05, 0.1) is 0 Å². The quantitative estimate of drug-likeness (QED) is 0.804. The second-order valence-corrected chi connectivity index (χ2v) is 5.49. The Morgan fingerprint density at radius 3 is 3.06 bits per heavy atom. The van der Waals surface area contributed by atoms with E-state index in [1.54, 1.807) is 11.3 Å². The number of nitrogens with zero attached hydrogens (tertiary/aromatic N) is 1. The molecule has 1 atom stereocenters. The van der Waals surface area contributed by atoms with Crippen molar-refractivity contribution in [1.29, 1.82) is 0 Å². The highest BCUT2D eigenvalue weighted by atomic mass is 32.1. The fourth-order valence-electron chi connectivity index (χ4n) is 2.22. The molecule has 2 aromatic heterocycles. The van der Waals surface area contributed by atoms with E-state index in [0.717, 1.165) is 31.6 Å². The highest BCUT2D eigenvalue weighted by Gasteiger charge is 2.09. The van der Waals surface area contributed by atoms with Crippen molar-refractivity contribution in [1.82, 2.24) is 4.98 Å². The molecule has 1 unspecified atom stereocenters. The molecule has 0 fully saturated rings. The Morgan fingerprint density at radius 2 is 2.28 bits per heavy atom. The van der Waals surface area contributed by atoms with Gasteiger partial charge in [-0.15, -0.1) is 11.3 Å². The van der Waals surface area contributed by atoms with Crippen LogP contribution in [0.4, 0.5) is 5.82 Å². The SMILES string of the molecule is CCCC(CCO)CNc1nccc2sccc12. The molecule has 0 saturated heterocycles. The number of aliphatic hydroxyl groups is 1. The van der Waals surface area contributed by atoms with E-state index >= 15 is 0 Å². The lowest BCUT2D eigenvalue weighted by Crippen LogP contribution is -2.16. The van der Waals surface area contributed by atoms with Crippen LogP contribution in [0.3, 0.4) is 0 Å². The van der Waals surface area contributed by atoms with Crippen LogP contribution in [0.5, 0.6) is 0 Å². The zero-order valence-corrected chi connectivity index (χ0v) is 11.5. The molecular formula is C14H20N2OS. The van der Waals surface area contributed by atoms with Crippen LogP contribution in [-0.4, -0.2) is 23.2 Å². The summed E-state index contributed by atoms with van der Waals surface area (Å²) in [6.45, 7) is 3.33. The number of hydrogen-bond acceptors (Lipinski definition) is 4. The van der Waals surface area contributed by atoms with Crippen molar-refractivity contribution < 1.29 is 5.11 Å². The predicted octanol–water partition coefficient (Wildman–Crippen LogP) is 3.51. The van der Waals surface area contributed by atoms with E-state index in [2.05, 4.69) is 28.7 Å². The average molecular weight is 264 g/mol. The number of pyridine rings is 1. The van der Waals surface area contributed by atoms with Gasteiger partial charge in [0.2, 0.25) is 0 Å². The molecule has 98 valence electrons. The van der Waals surface area contributed by atoms with E-state index in [0.29, 0.717) is 5.92 Å². The Balaban J connectivity index is 2.02. The number of rotatable bonds is 7. The van der Waals surface area contributed by atoms with Gasteiger partial charge in [-0.3, -0.25) is 0 Å². The summed E-state index contributed by atoms with van der Waals surface area (Å²) < 4.78 is 1.27. The monoisotopic (exact) mass is 264 g/mol. The zero-order chi connectivity index (χ0) is 12.8. The average Bonchev–Trinajstić information content (AvgIpc) is 2.85. The molecule has 0 bridgehead atoms. The lowest BCUT2D eigenvalue weighted by atomic mass is 10.0. The molecule has 2 rings (SSSR count). The van der Waals surface area contributed by atoms with Crippen LogP contribution in [0.2, 0.25) is 0 Å². The normalized spacial score (nSPS) is 12.8. The van der Waals surface area contributed by atoms with Crippen LogP contribution in [0.25, 0.3) is 10.1 Å². The van der Waals surface area contributed by atoms with Gasteiger partial charge in [0.15, 0.2) is 0 Å². The smallest absolute Gasteiger partial charge is 0.134 e. The van der Waals surface area contributed by atoms with Gasteiger partial charge in [-0.1, -0.05) is 13.3 Å². The van der Waals surface area contributed by atoms with E-state index in [1.807, 2.05) is 12.3 Å². The molecule has 0 aromatic carbocycles. The fourth-order valence-corrected chi connectivity index (χ4v) is 3.00. The third-order valence-corrected chi connectivity index (χ3v) is 4.05. The van der Waals surface area contributed by atoms with Crippen molar-refractivity contribution in [2.45, 2.75) is 26.2 Å². The number of hydrogen-bond donors (Lipinski definition) is 2. The highest BCUT2D eigenvalue weighted by Crippen LogP contribution is 2.26. The minimum absolute atomic E-state index is 0.266. The topological polar surface area (TPSA) is 45.1 Å². The van der Waals surface area contributed by atoms with Gasteiger partial charge in [0.25, 0.3) is 0 Å². The van der Waals surface area contributed by atoms with Crippen LogP contribution in [0.1, 0.15) is 26.2 Å². The van der Waals surface area contributed by atoms with Gasteiger partial charge in [-0.05, 0) is 36.3 Å². The Bertz CT molecular complexity index is 477. The van der Waals surface area contributed by atoms with Gasteiger partial charge < -0.3 is 10.4 Å². The van der Waals surface area contributed by atoms with Crippen LogP contribution in [0, 0.1) is 5.92 Å². The summed E-state index contributed by atoms with van der Waals surface area (Å²) in [6.07, 6.45) is 5.01. The van der Waals surface area contributed by atoms with E-state index in [4.69, 9.17) is 5.11 Å². The molecule has 0 aliphatic carbocycles. The maximum Gasteiger partial charge on any atom is 0.134 e. The second-order valence-electron chi connectivity index (χ2n) is 4.54. The van der Waals surface area contributed by atoms with Gasteiger partial charge in [-0.2, -0.15) is 0 Å². The van der Waals surface area contributed by atoms with E-state index in [9.17, 15) is 0 Å². The number of fused-ring (bicyclic) bond motifs is 1. The maximum atomic E-state index is 9.06. The molecular weight excluding hydrogens is 244 g/mol. The molecule has 0 spiro atoms. The second kappa shape index (κ2) is 6.71. The molecule has 2 aromatic rings. The molecule has 0 saturated carbocycles. The van der Waals surface area contributed by atoms with Crippen LogP contribution >= 0.6 is 11.3 Å². The summed E-state index contributed by atoms with van der Waals surface area (Å²) in [6, 6.07) is 4.15. The van der Waals surface area contributed by atoms with Crippen LogP contribution in [-0.2, 0) is 0 Å². The van der Waals surface area contributed by atoms with Crippen LogP contribution in [0.15, 0.2) is 23.7 Å². The molecule has 18 heavy (non-hydrogen) atoms.